The number of ether oxygens (including phenoxy) is 1. The number of likely N-dealkylation sites (tertiary alicyclic amines) is 1. The highest BCUT2D eigenvalue weighted by atomic mass is 16.5. The molecule has 1 saturated carbocycles. The summed E-state index contributed by atoms with van der Waals surface area (Å²) in [6, 6.07) is 2.10. The number of rotatable bonds is 3. The molecule has 1 atom stereocenters. The topological polar surface area (TPSA) is 47.4 Å². The van der Waals surface area contributed by atoms with Gasteiger partial charge in [0.25, 0.3) is 5.91 Å². The van der Waals surface area contributed by atoms with Crippen molar-refractivity contribution in [2.75, 3.05) is 13.7 Å². The van der Waals surface area contributed by atoms with Gasteiger partial charge in [0.05, 0.1) is 7.11 Å². The minimum absolute atomic E-state index is 0.0464. The third kappa shape index (κ3) is 2.14. The molecule has 21 heavy (non-hydrogen) atoms. The van der Waals surface area contributed by atoms with Crippen molar-refractivity contribution in [2.45, 2.75) is 45.6 Å². The van der Waals surface area contributed by atoms with Crippen LogP contribution in [0.25, 0.3) is 0 Å². The van der Waals surface area contributed by atoms with Crippen molar-refractivity contribution < 1.29 is 9.53 Å². The standard InChI is InChI=1S/C16H25N3O2/c1-11(2)14-16(7-5-6-8-16)10-19(14)15(20)12-9-13(21-4)18(3)17-12/h9,11,14H,5-8,10H2,1-4H3. The Morgan fingerprint density at radius 1 is 1.43 bits per heavy atom. The Labute approximate surface area is 126 Å². The summed E-state index contributed by atoms with van der Waals surface area (Å²) in [5, 5.41) is 4.29. The number of hydrogen-bond donors (Lipinski definition) is 0. The lowest BCUT2D eigenvalue weighted by Gasteiger charge is -2.58. The lowest BCUT2D eigenvalue weighted by molar-refractivity contribution is -0.0704. The summed E-state index contributed by atoms with van der Waals surface area (Å²) in [5.74, 6) is 1.16. The van der Waals surface area contributed by atoms with E-state index < -0.39 is 0 Å². The van der Waals surface area contributed by atoms with Crippen molar-refractivity contribution in [1.29, 1.82) is 0 Å². The highest BCUT2D eigenvalue weighted by molar-refractivity contribution is 5.93. The lowest BCUT2D eigenvalue weighted by Crippen LogP contribution is -2.67. The Morgan fingerprint density at radius 3 is 2.62 bits per heavy atom. The largest absolute Gasteiger partial charge is 0.481 e. The molecule has 5 nitrogen and oxygen atoms in total. The first-order valence-electron chi connectivity index (χ1n) is 7.87. The van der Waals surface area contributed by atoms with E-state index in [1.165, 1.54) is 25.7 Å². The normalized spacial score (nSPS) is 23.7. The maximum absolute atomic E-state index is 12.8. The zero-order chi connectivity index (χ0) is 15.2. The SMILES string of the molecule is COc1cc(C(=O)N2CC3(CCCC3)C2C(C)C)nn1C. The molecule has 1 amide bonds. The van der Waals surface area contributed by atoms with Crippen molar-refractivity contribution in [3.05, 3.63) is 11.8 Å². The zero-order valence-corrected chi connectivity index (χ0v) is 13.4. The quantitative estimate of drug-likeness (QED) is 0.859. The van der Waals surface area contributed by atoms with Crippen LogP contribution >= 0.6 is 0 Å². The molecule has 1 aromatic rings. The molecule has 116 valence electrons. The van der Waals surface area contributed by atoms with E-state index in [0.717, 1.165) is 6.54 Å². The second-order valence-electron chi connectivity index (χ2n) is 6.89. The van der Waals surface area contributed by atoms with Crippen LogP contribution in [0.4, 0.5) is 0 Å². The van der Waals surface area contributed by atoms with E-state index in [-0.39, 0.29) is 5.91 Å². The van der Waals surface area contributed by atoms with Gasteiger partial charge in [-0.15, -0.1) is 0 Å². The van der Waals surface area contributed by atoms with Gasteiger partial charge in [-0.3, -0.25) is 4.79 Å². The van der Waals surface area contributed by atoms with Crippen molar-refractivity contribution >= 4 is 5.91 Å². The Morgan fingerprint density at radius 2 is 2.10 bits per heavy atom. The number of amides is 1. The fourth-order valence-electron chi connectivity index (χ4n) is 4.44. The van der Waals surface area contributed by atoms with Gasteiger partial charge in [0, 0.05) is 31.1 Å². The summed E-state index contributed by atoms with van der Waals surface area (Å²) in [6.07, 6.45) is 5.15. The number of carbonyl (C=O) groups excluding carboxylic acids is 1. The molecule has 0 aromatic carbocycles. The number of aromatic nitrogens is 2. The number of nitrogens with zero attached hydrogens (tertiary/aromatic N) is 3. The maximum atomic E-state index is 12.8. The van der Waals surface area contributed by atoms with Crippen LogP contribution in [0.5, 0.6) is 5.88 Å². The van der Waals surface area contributed by atoms with Gasteiger partial charge in [0.2, 0.25) is 5.88 Å². The van der Waals surface area contributed by atoms with Crippen molar-refractivity contribution in [2.24, 2.45) is 18.4 Å². The molecule has 1 aromatic heterocycles. The number of methoxy groups -OCH3 is 1. The van der Waals surface area contributed by atoms with Crippen LogP contribution in [0, 0.1) is 11.3 Å². The first kappa shape index (κ1) is 14.4. The minimum Gasteiger partial charge on any atom is -0.481 e. The van der Waals surface area contributed by atoms with E-state index in [9.17, 15) is 4.79 Å². The Bertz CT molecular complexity index is 544. The third-order valence-electron chi connectivity index (χ3n) is 5.21. The number of hydrogen-bond acceptors (Lipinski definition) is 3. The van der Waals surface area contributed by atoms with Crippen LogP contribution in [0.1, 0.15) is 50.0 Å². The van der Waals surface area contributed by atoms with Crippen LogP contribution in [0.3, 0.4) is 0 Å². The molecule has 1 spiro atoms. The lowest BCUT2D eigenvalue weighted by atomic mass is 9.66. The highest BCUT2D eigenvalue weighted by Crippen LogP contribution is 2.53. The fourth-order valence-corrected chi connectivity index (χ4v) is 4.44. The predicted octanol–water partition coefficient (Wildman–Crippen LogP) is 2.47. The van der Waals surface area contributed by atoms with Gasteiger partial charge in [-0.05, 0) is 18.8 Å². The van der Waals surface area contributed by atoms with E-state index in [4.69, 9.17) is 4.74 Å². The van der Waals surface area contributed by atoms with Gasteiger partial charge >= 0.3 is 0 Å². The molecule has 1 aliphatic heterocycles. The molecule has 2 fully saturated rings. The van der Waals surface area contributed by atoms with Crippen molar-refractivity contribution in [3.8, 4) is 5.88 Å². The third-order valence-corrected chi connectivity index (χ3v) is 5.21. The second-order valence-corrected chi connectivity index (χ2v) is 6.89. The summed E-state index contributed by atoms with van der Waals surface area (Å²) in [4.78, 5) is 14.8. The summed E-state index contributed by atoms with van der Waals surface area (Å²) in [5.41, 5.74) is 0.871. The molecule has 1 aliphatic carbocycles. The van der Waals surface area contributed by atoms with E-state index in [1.807, 2.05) is 4.90 Å². The maximum Gasteiger partial charge on any atom is 0.274 e. The fraction of sp³-hybridized carbons (Fsp3) is 0.750. The molecular weight excluding hydrogens is 266 g/mol. The van der Waals surface area contributed by atoms with Crippen LogP contribution in [0.2, 0.25) is 0 Å². The van der Waals surface area contributed by atoms with Crippen LogP contribution in [-0.4, -0.2) is 40.3 Å². The summed E-state index contributed by atoms with van der Waals surface area (Å²) in [7, 11) is 3.39. The Kier molecular flexibility index (Phi) is 3.46. The minimum atomic E-state index is 0.0464. The van der Waals surface area contributed by atoms with Crippen LogP contribution in [0.15, 0.2) is 6.07 Å². The van der Waals surface area contributed by atoms with Gasteiger partial charge in [-0.25, -0.2) is 4.68 Å². The van der Waals surface area contributed by atoms with E-state index in [1.54, 1.807) is 24.9 Å². The zero-order valence-electron chi connectivity index (χ0n) is 13.4. The Hall–Kier alpha value is -1.52. The average molecular weight is 291 g/mol. The second kappa shape index (κ2) is 5.04. The highest BCUT2D eigenvalue weighted by Gasteiger charge is 2.56. The average Bonchev–Trinajstić information content (AvgIpc) is 3.02. The van der Waals surface area contributed by atoms with Gasteiger partial charge < -0.3 is 9.64 Å². The predicted molar refractivity (Wildman–Crippen MR) is 80.3 cm³/mol. The first-order chi connectivity index (χ1) is 9.98. The van der Waals surface area contributed by atoms with Gasteiger partial charge in [0.15, 0.2) is 5.69 Å². The van der Waals surface area contributed by atoms with Gasteiger partial charge in [-0.2, -0.15) is 5.10 Å². The van der Waals surface area contributed by atoms with Gasteiger partial charge in [-0.1, -0.05) is 26.7 Å². The molecule has 5 heteroatoms. The molecule has 2 aliphatic rings. The summed E-state index contributed by atoms with van der Waals surface area (Å²) < 4.78 is 6.82. The molecule has 0 N–H and O–H groups in total. The Balaban J connectivity index is 1.81. The molecule has 1 saturated heterocycles. The van der Waals surface area contributed by atoms with E-state index >= 15 is 0 Å². The van der Waals surface area contributed by atoms with Crippen molar-refractivity contribution in [3.63, 3.8) is 0 Å². The molecule has 3 rings (SSSR count). The van der Waals surface area contributed by atoms with Crippen LogP contribution in [-0.2, 0) is 7.05 Å². The van der Waals surface area contributed by atoms with E-state index in [0.29, 0.717) is 28.9 Å². The van der Waals surface area contributed by atoms with E-state index in [2.05, 4.69) is 18.9 Å². The van der Waals surface area contributed by atoms with Crippen molar-refractivity contribution in [1.82, 2.24) is 14.7 Å². The number of carbonyl (C=O) groups is 1. The van der Waals surface area contributed by atoms with Crippen LogP contribution < -0.4 is 4.74 Å². The first-order valence-corrected chi connectivity index (χ1v) is 7.87. The molecular formula is C16H25N3O2. The molecule has 0 bridgehead atoms. The summed E-state index contributed by atoms with van der Waals surface area (Å²) in [6.45, 7) is 5.35. The van der Waals surface area contributed by atoms with Gasteiger partial charge in [0.1, 0.15) is 0 Å². The molecule has 1 unspecified atom stereocenters. The molecule has 2 heterocycles. The monoisotopic (exact) mass is 291 g/mol. The number of aryl methyl sites for hydroxylation is 1. The summed E-state index contributed by atoms with van der Waals surface area (Å²) >= 11 is 0. The molecule has 0 radical (unpaired) electrons. The smallest absolute Gasteiger partial charge is 0.274 e.